The molecule has 1 rings (SSSR count). The lowest BCUT2D eigenvalue weighted by Gasteiger charge is -2.12. The fourth-order valence-corrected chi connectivity index (χ4v) is 1.98. The Balaban J connectivity index is 2.56. The Morgan fingerprint density at radius 3 is 2.71 bits per heavy atom. The second-order valence-corrected chi connectivity index (χ2v) is 5.09. The van der Waals surface area contributed by atoms with Crippen LogP contribution in [0.25, 0.3) is 0 Å². The average Bonchev–Trinajstić information content (AvgIpc) is 2.34. The van der Waals surface area contributed by atoms with Gasteiger partial charge in [0, 0.05) is 11.0 Å². The van der Waals surface area contributed by atoms with E-state index in [1.54, 1.807) is 0 Å². The summed E-state index contributed by atoms with van der Waals surface area (Å²) in [6.07, 6.45) is 1.37. The predicted octanol–water partition coefficient (Wildman–Crippen LogP) is 3.87. The molecule has 1 N–H and O–H groups in total. The summed E-state index contributed by atoms with van der Waals surface area (Å²) in [5, 5.41) is 3.32. The highest BCUT2D eigenvalue weighted by Crippen LogP contribution is 2.20. The molecule has 0 amide bonds. The van der Waals surface area contributed by atoms with Gasteiger partial charge < -0.3 is 10.1 Å². The van der Waals surface area contributed by atoms with Gasteiger partial charge in [-0.05, 0) is 37.1 Å². The van der Waals surface area contributed by atoms with Crippen LogP contribution in [0.15, 0.2) is 22.7 Å². The summed E-state index contributed by atoms with van der Waals surface area (Å²) in [6.45, 7) is 8.95. The van der Waals surface area contributed by atoms with Crippen molar-refractivity contribution in [1.29, 1.82) is 0 Å². The Labute approximate surface area is 113 Å². The molecule has 0 saturated carbocycles. The minimum absolute atomic E-state index is 0.323. The molecule has 0 heterocycles. The molecule has 0 spiro atoms. The largest absolute Gasteiger partial charge is 0.374 e. The Kier molecular flexibility index (Phi) is 6.78. The lowest BCUT2D eigenvalue weighted by atomic mass is 10.1. The van der Waals surface area contributed by atoms with Crippen LogP contribution in [0.4, 0.5) is 0 Å². The molecule has 0 aliphatic rings. The molecule has 1 atom stereocenters. The summed E-state index contributed by atoms with van der Waals surface area (Å²) < 4.78 is 6.87. The summed E-state index contributed by atoms with van der Waals surface area (Å²) in [5.41, 5.74) is 2.51. The number of rotatable bonds is 7. The van der Waals surface area contributed by atoms with E-state index >= 15 is 0 Å². The van der Waals surface area contributed by atoms with E-state index < -0.39 is 0 Å². The number of hydrogen-bond donors (Lipinski definition) is 1. The molecule has 0 aliphatic carbocycles. The maximum atomic E-state index is 5.73. The molecule has 1 aromatic rings. The van der Waals surface area contributed by atoms with Crippen molar-refractivity contribution >= 4 is 15.9 Å². The second-order valence-electron chi connectivity index (χ2n) is 4.24. The van der Waals surface area contributed by atoms with Gasteiger partial charge in [-0.25, -0.2) is 0 Å². The molecule has 1 aromatic carbocycles. The van der Waals surface area contributed by atoms with Crippen LogP contribution < -0.4 is 5.32 Å². The van der Waals surface area contributed by atoms with Crippen molar-refractivity contribution in [1.82, 2.24) is 5.32 Å². The molecule has 0 radical (unpaired) electrons. The van der Waals surface area contributed by atoms with Gasteiger partial charge in [-0.2, -0.15) is 0 Å². The smallest absolute Gasteiger partial charge is 0.0731 e. The Bertz CT molecular complexity index is 341. The minimum Gasteiger partial charge on any atom is -0.374 e. The van der Waals surface area contributed by atoms with E-state index in [2.05, 4.69) is 60.2 Å². The number of hydrogen-bond acceptors (Lipinski definition) is 2. The van der Waals surface area contributed by atoms with E-state index in [4.69, 9.17) is 4.74 Å². The first-order valence-electron chi connectivity index (χ1n) is 6.27. The normalized spacial score (nSPS) is 12.7. The van der Waals surface area contributed by atoms with Crippen molar-refractivity contribution < 1.29 is 4.74 Å². The van der Waals surface area contributed by atoms with E-state index in [1.165, 1.54) is 11.1 Å². The molecule has 2 nitrogen and oxygen atoms in total. The zero-order chi connectivity index (χ0) is 12.7. The molecule has 96 valence electrons. The summed E-state index contributed by atoms with van der Waals surface area (Å²) in [4.78, 5) is 0. The molecule has 17 heavy (non-hydrogen) atoms. The third kappa shape index (κ3) is 5.19. The zero-order valence-corrected chi connectivity index (χ0v) is 12.5. The summed E-state index contributed by atoms with van der Waals surface area (Å²) in [7, 11) is 0. The van der Waals surface area contributed by atoms with E-state index in [9.17, 15) is 0 Å². The highest BCUT2D eigenvalue weighted by atomic mass is 79.9. The van der Waals surface area contributed by atoms with Gasteiger partial charge in [-0.3, -0.25) is 0 Å². The highest BCUT2D eigenvalue weighted by Gasteiger charge is 2.04. The van der Waals surface area contributed by atoms with Crippen LogP contribution >= 0.6 is 15.9 Å². The summed E-state index contributed by atoms with van der Waals surface area (Å²) in [5.74, 6) is 0. The zero-order valence-electron chi connectivity index (χ0n) is 10.9. The van der Waals surface area contributed by atoms with Crippen molar-refractivity contribution in [3.8, 4) is 0 Å². The molecule has 0 fully saturated rings. The third-order valence-corrected chi connectivity index (χ3v) is 3.53. The van der Waals surface area contributed by atoms with E-state index in [0.29, 0.717) is 12.7 Å². The molecule has 0 bridgehead atoms. The minimum atomic E-state index is 0.323. The van der Waals surface area contributed by atoms with Crippen molar-refractivity contribution in [2.24, 2.45) is 0 Å². The van der Waals surface area contributed by atoms with E-state index in [0.717, 1.165) is 24.0 Å². The van der Waals surface area contributed by atoms with Crippen LogP contribution in [-0.2, 0) is 17.9 Å². The molecule has 3 heteroatoms. The lowest BCUT2D eigenvalue weighted by molar-refractivity contribution is 0.0505. The molecular weight excluding hydrogens is 278 g/mol. The fourth-order valence-electron chi connectivity index (χ4n) is 1.44. The van der Waals surface area contributed by atoms with Crippen LogP contribution in [0.5, 0.6) is 0 Å². The van der Waals surface area contributed by atoms with Crippen LogP contribution in [0.2, 0.25) is 0 Å². The summed E-state index contributed by atoms with van der Waals surface area (Å²) in [6, 6.07) is 6.46. The summed E-state index contributed by atoms with van der Waals surface area (Å²) >= 11 is 3.60. The van der Waals surface area contributed by atoms with Crippen LogP contribution in [0.3, 0.4) is 0 Å². The first kappa shape index (κ1) is 14.7. The average molecular weight is 300 g/mol. The first-order valence-corrected chi connectivity index (χ1v) is 7.06. The molecule has 0 aliphatic heterocycles. The van der Waals surface area contributed by atoms with Gasteiger partial charge in [-0.15, -0.1) is 0 Å². The van der Waals surface area contributed by atoms with Crippen LogP contribution in [0, 0.1) is 0 Å². The molecular formula is C14H22BrNO. The quantitative estimate of drug-likeness (QED) is 0.825. The monoisotopic (exact) mass is 299 g/mol. The predicted molar refractivity (Wildman–Crippen MR) is 76.1 cm³/mol. The SMILES string of the molecule is CCNCc1ccc(COC(C)CC)c(Br)c1. The van der Waals surface area contributed by atoms with Gasteiger partial charge in [0.25, 0.3) is 0 Å². The van der Waals surface area contributed by atoms with Crippen molar-refractivity contribution in [2.75, 3.05) is 6.54 Å². The lowest BCUT2D eigenvalue weighted by Crippen LogP contribution is -2.12. The molecule has 0 aromatic heterocycles. The van der Waals surface area contributed by atoms with Crippen LogP contribution in [-0.4, -0.2) is 12.6 Å². The highest BCUT2D eigenvalue weighted by molar-refractivity contribution is 9.10. The van der Waals surface area contributed by atoms with Crippen molar-refractivity contribution in [3.05, 3.63) is 33.8 Å². The van der Waals surface area contributed by atoms with Gasteiger partial charge in [0.05, 0.1) is 12.7 Å². The number of ether oxygens (including phenoxy) is 1. The Hall–Kier alpha value is -0.380. The Morgan fingerprint density at radius 2 is 2.12 bits per heavy atom. The van der Waals surface area contributed by atoms with Gasteiger partial charge in [0.1, 0.15) is 0 Å². The number of nitrogens with one attached hydrogen (secondary N) is 1. The number of benzene rings is 1. The maximum Gasteiger partial charge on any atom is 0.0731 e. The Morgan fingerprint density at radius 1 is 1.35 bits per heavy atom. The van der Waals surface area contributed by atoms with Crippen molar-refractivity contribution in [2.45, 2.75) is 46.4 Å². The topological polar surface area (TPSA) is 21.3 Å². The maximum absolute atomic E-state index is 5.73. The van der Waals surface area contributed by atoms with Crippen LogP contribution in [0.1, 0.15) is 38.3 Å². The third-order valence-electron chi connectivity index (χ3n) is 2.79. The molecule has 1 unspecified atom stereocenters. The standard InChI is InChI=1S/C14H22BrNO/c1-4-11(3)17-10-13-7-6-12(8-14(13)15)9-16-5-2/h6-8,11,16H,4-5,9-10H2,1-3H3. The van der Waals surface area contributed by atoms with E-state index in [1.807, 2.05) is 0 Å². The van der Waals surface area contributed by atoms with Gasteiger partial charge >= 0.3 is 0 Å². The van der Waals surface area contributed by atoms with Crippen molar-refractivity contribution in [3.63, 3.8) is 0 Å². The van der Waals surface area contributed by atoms with E-state index in [-0.39, 0.29) is 0 Å². The first-order chi connectivity index (χ1) is 8.17. The molecule has 0 saturated heterocycles. The van der Waals surface area contributed by atoms with Gasteiger partial charge in [0.15, 0.2) is 0 Å². The van der Waals surface area contributed by atoms with Gasteiger partial charge in [-0.1, -0.05) is 41.9 Å². The number of halogens is 1. The second kappa shape index (κ2) is 7.85. The van der Waals surface area contributed by atoms with Gasteiger partial charge in [0.2, 0.25) is 0 Å². The fraction of sp³-hybridized carbons (Fsp3) is 0.571.